The molecule has 0 spiro atoms. The van der Waals surface area contributed by atoms with Gasteiger partial charge in [0.2, 0.25) is 0 Å². The lowest BCUT2D eigenvalue weighted by Gasteiger charge is -2.36. The number of hydrogen-bond acceptors (Lipinski definition) is 3. The summed E-state index contributed by atoms with van der Waals surface area (Å²) in [6.07, 6.45) is 3.59. The maximum Gasteiger partial charge on any atom is 0.255 e. The van der Waals surface area contributed by atoms with Crippen LogP contribution in [0, 0.1) is 13.8 Å². The van der Waals surface area contributed by atoms with E-state index >= 15 is 0 Å². The van der Waals surface area contributed by atoms with Gasteiger partial charge >= 0.3 is 0 Å². The summed E-state index contributed by atoms with van der Waals surface area (Å²) in [5.41, 5.74) is 1.62. The van der Waals surface area contributed by atoms with E-state index in [4.69, 9.17) is 0 Å². The Morgan fingerprint density at radius 3 is 2.68 bits per heavy atom. The Kier molecular flexibility index (Phi) is 3.94. The highest BCUT2D eigenvalue weighted by Gasteiger charge is 2.35. The Hall–Kier alpha value is -1.36. The van der Waals surface area contributed by atoms with Crippen molar-refractivity contribution < 1.29 is 9.90 Å². The summed E-state index contributed by atoms with van der Waals surface area (Å²) >= 11 is 0. The summed E-state index contributed by atoms with van der Waals surface area (Å²) in [4.78, 5) is 12.2. The Morgan fingerprint density at radius 1 is 1.47 bits per heavy atom. The van der Waals surface area contributed by atoms with Gasteiger partial charge in [0.25, 0.3) is 5.91 Å². The highest BCUT2D eigenvalue weighted by molar-refractivity contribution is 5.96. The molecule has 1 aliphatic rings. The van der Waals surface area contributed by atoms with Gasteiger partial charge in [0.15, 0.2) is 0 Å². The molecule has 19 heavy (non-hydrogen) atoms. The molecule has 2 N–H and O–H groups in total. The lowest BCUT2D eigenvalue weighted by Crippen LogP contribution is -2.47. The number of carbonyl (C=O) groups is 1. The molecule has 0 aliphatic heterocycles. The van der Waals surface area contributed by atoms with Gasteiger partial charge in [0.05, 0.1) is 16.9 Å². The minimum Gasteiger partial charge on any atom is -0.388 e. The van der Waals surface area contributed by atoms with Crippen LogP contribution in [0.25, 0.3) is 0 Å². The quantitative estimate of drug-likeness (QED) is 0.849. The number of nitrogens with zero attached hydrogens (tertiary/aromatic N) is 2. The van der Waals surface area contributed by atoms with E-state index in [0.29, 0.717) is 12.1 Å². The van der Waals surface area contributed by atoms with Crippen LogP contribution in [-0.2, 0) is 6.54 Å². The lowest BCUT2D eigenvalue weighted by atomic mass is 9.80. The number of amides is 1. The van der Waals surface area contributed by atoms with Crippen LogP contribution < -0.4 is 5.32 Å². The SMILES string of the molecule is CCCn1nc(C)c(C(=O)NCC2(O)CCC2)c1C. The average Bonchev–Trinajstić information content (AvgIpc) is 2.60. The molecule has 5 nitrogen and oxygen atoms in total. The number of carbonyl (C=O) groups excluding carboxylic acids is 1. The van der Waals surface area contributed by atoms with E-state index in [9.17, 15) is 9.90 Å². The summed E-state index contributed by atoms with van der Waals surface area (Å²) in [6, 6.07) is 0. The highest BCUT2D eigenvalue weighted by Crippen LogP contribution is 2.30. The van der Waals surface area contributed by atoms with Crippen molar-refractivity contribution in [3.05, 3.63) is 17.0 Å². The first-order valence-electron chi connectivity index (χ1n) is 7.01. The molecule has 0 unspecified atom stereocenters. The van der Waals surface area contributed by atoms with Crippen molar-refractivity contribution >= 4 is 5.91 Å². The maximum atomic E-state index is 12.2. The van der Waals surface area contributed by atoms with Crippen LogP contribution in [-0.4, -0.2) is 32.9 Å². The van der Waals surface area contributed by atoms with Gasteiger partial charge in [-0.3, -0.25) is 9.48 Å². The zero-order valence-electron chi connectivity index (χ0n) is 12.0. The predicted molar refractivity (Wildman–Crippen MR) is 73.1 cm³/mol. The Balaban J connectivity index is 2.06. The summed E-state index contributed by atoms with van der Waals surface area (Å²) in [5, 5.41) is 17.2. The zero-order valence-corrected chi connectivity index (χ0v) is 12.0. The molecule has 2 rings (SSSR count). The van der Waals surface area contributed by atoms with Crippen molar-refractivity contribution in [2.24, 2.45) is 0 Å². The van der Waals surface area contributed by atoms with E-state index in [1.54, 1.807) is 0 Å². The number of aliphatic hydroxyl groups is 1. The molecular weight excluding hydrogens is 242 g/mol. The minimum atomic E-state index is -0.684. The molecule has 1 heterocycles. The summed E-state index contributed by atoms with van der Waals surface area (Å²) in [6.45, 7) is 7.02. The van der Waals surface area contributed by atoms with Crippen LogP contribution in [0.15, 0.2) is 0 Å². The van der Waals surface area contributed by atoms with E-state index in [1.165, 1.54) is 0 Å². The third-order valence-corrected chi connectivity index (χ3v) is 3.91. The number of nitrogens with one attached hydrogen (secondary N) is 1. The van der Waals surface area contributed by atoms with Crippen molar-refractivity contribution in [1.29, 1.82) is 0 Å². The largest absolute Gasteiger partial charge is 0.388 e. The van der Waals surface area contributed by atoms with Crippen molar-refractivity contribution in [3.63, 3.8) is 0 Å². The second-order valence-corrected chi connectivity index (χ2v) is 5.53. The molecule has 1 amide bonds. The van der Waals surface area contributed by atoms with Gasteiger partial charge in [-0.15, -0.1) is 0 Å². The summed E-state index contributed by atoms with van der Waals surface area (Å²) in [7, 11) is 0. The molecule has 1 aliphatic carbocycles. The standard InChI is InChI=1S/C14H23N3O2/c1-4-8-17-11(3)12(10(2)16-17)13(18)15-9-14(19)6-5-7-14/h19H,4-9H2,1-3H3,(H,15,18). The monoisotopic (exact) mass is 265 g/mol. The van der Waals surface area contributed by atoms with E-state index < -0.39 is 5.60 Å². The third-order valence-electron chi connectivity index (χ3n) is 3.91. The second kappa shape index (κ2) is 5.33. The predicted octanol–water partition coefficient (Wildman–Crippen LogP) is 1.55. The van der Waals surface area contributed by atoms with Gasteiger partial charge in [0, 0.05) is 18.8 Å². The lowest BCUT2D eigenvalue weighted by molar-refractivity contribution is -0.0300. The maximum absolute atomic E-state index is 12.2. The smallest absolute Gasteiger partial charge is 0.255 e. The van der Waals surface area contributed by atoms with Gasteiger partial charge in [-0.2, -0.15) is 5.10 Å². The zero-order chi connectivity index (χ0) is 14.0. The van der Waals surface area contributed by atoms with Crippen LogP contribution >= 0.6 is 0 Å². The molecule has 0 radical (unpaired) electrons. The van der Waals surface area contributed by atoms with Gasteiger partial charge in [0.1, 0.15) is 0 Å². The fourth-order valence-corrected chi connectivity index (χ4v) is 2.55. The van der Waals surface area contributed by atoms with Crippen LogP contribution in [0.5, 0.6) is 0 Å². The van der Waals surface area contributed by atoms with Crippen molar-refractivity contribution in [2.45, 2.75) is 58.6 Å². The number of hydrogen-bond donors (Lipinski definition) is 2. The average molecular weight is 265 g/mol. The molecule has 1 saturated carbocycles. The van der Waals surface area contributed by atoms with Crippen molar-refractivity contribution in [2.75, 3.05) is 6.54 Å². The number of rotatable bonds is 5. The highest BCUT2D eigenvalue weighted by atomic mass is 16.3. The van der Waals surface area contributed by atoms with Crippen LogP contribution in [0.2, 0.25) is 0 Å². The number of aryl methyl sites for hydroxylation is 2. The Labute approximate surface area is 114 Å². The van der Waals surface area contributed by atoms with Gasteiger partial charge in [-0.05, 0) is 39.5 Å². The fourth-order valence-electron chi connectivity index (χ4n) is 2.55. The van der Waals surface area contributed by atoms with Crippen molar-refractivity contribution in [3.8, 4) is 0 Å². The van der Waals surface area contributed by atoms with Gasteiger partial charge in [-0.25, -0.2) is 0 Å². The van der Waals surface area contributed by atoms with Crippen LogP contribution in [0.4, 0.5) is 0 Å². The summed E-state index contributed by atoms with van der Waals surface area (Å²) in [5.74, 6) is -0.127. The summed E-state index contributed by atoms with van der Waals surface area (Å²) < 4.78 is 1.88. The molecule has 0 saturated heterocycles. The Morgan fingerprint density at radius 2 is 2.16 bits per heavy atom. The molecule has 106 valence electrons. The van der Waals surface area contributed by atoms with Crippen molar-refractivity contribution in [1.82, 2.24) is 15.1 Å². The van der Waals surface area contributed by atoms with E-state index in [1.807, 2.05) is 18.5 Å². The molecule has 0 bridgehead atoms. The fraction of sp³-hybridized carbons (Fsp3) is 0.714. The number of aromatic nitrogens is 2. The van der Waals surface area contributed by atoms with E-state index in [2.05, 4.69) is 17.3 Å². The molecular formula is C14H23N3O2. The molecule has 1 aromatic rings. The first-order valence-corrected chi connectivity index (χ1v) is 7.01. The first-order chi connectivity index (χ1) is 8.97. The minimum absolute atomic E-state index is 0.127. The normalized spacial score (nSPS) is 17.1. The van der Waals surface area contributed by atoms with Crippen LogP contribution in [0.3, 0.4) is 0 Å². The molecule has 0 atom stereocenters. The molecule has 1 aromatic heterocycles. The molecule has 0 aromatic carbocycles. The van der Waals surface area contributed by atoms with Gasteiger partial charge < -0.3 is 10.4 Å². The second-order valence-electron chi connectivity index (χ2n) is 5.53. The van der Waals surface area contributed by atoms with E-state index in [-0.39, 0.29) is 5.91 Å². The van der Waals surface area contributed by atoms with Gasteiger partial charge in [-0.1, -0.05) is 6.92 Å². The molecule has 5 heteroatoms. The van der Waals surface area contributed by atoms with E-state index in [0.717, 1.165) is 43.6 Å². The van der Waals surface area contributed by atoms with Crippen LogP contribution in [0.1, 0.15) is 54.4 Å². The topological polar surface area (TPSA) is 67.2 Å². The third kappa shape index (κ3) is 2.81. The Bertz CT molecular complexity index is 475. The first kappa shape index (κ1) is 14.1. The molecule has 1 fully saturated rings.